The maximum absolute atomic E-state index is 17.9. The third kappa shape index (κ3) is 8.47. The van der Waals surface area contributed by atoms with Crippen LogP contribution in [0, 0.1) is 0 Å². The molecule has 0 atom stereocenters. The average molecular weight is 1150 g/mol. The molecule has 0 unspecified atom stereocenters. The summed E-state index contributed by atoms with van der Waals surface area (Å²) >= 11 is -15.0. The van der Waals surface area contributed by atoms with E-state index >= 15 is 4.57 Å². The topological polar surface area (TPSA) is 44.8 Å². The van der Waals surface area contributed by atoms with Gasteiger partial charge in [0.05, 0.1) is 0 Å². The Balaban J connectivity index is 1.42. The van der Waals surface area contributed by atoms with E-state index in [1.807, 2.05) is 164 Å². The van der Waals surface area contributed by atoms with Crippen molar-refractivity contribution in [3.63, 3.8) is 0 Å². The van der Waals surface area contributed by atoms with Gasteiger partial charge >= 0.3 is 383 Å². The fraction of sp³-hybridized carbons (Fsp3) is 0. The second-order valence-corrected chi connectivity index (χ2v) is 47.7. The molecule has 62 heavy (non-hydrogen) atoms. The Morgan fingerprint density at radius 2 is 0.323 bits per heavy atom. The third-order valence-electron chi connectivity index (χ3n) is 11.4. The van der Waals surface area contributed by atoms with Crippen molar-refractivity contribution in [2.45, 2.75) is 0 Å². The van der Waals surface area contributed by atoms with E-state index < -0.39 is 64.2 Å². The van der Waals surface area contributed by atoms with Crippen molar-refractivity contribution >= 4 is 96.4 Å². The summed E-state index contributed by atoms with van der Waals surface area (Å²) in [7, 11) is -4.79. The molecule has 9 aromatic rings. The Morgan fingerprint density at radius 1 is 0.210 bits per heavy atom. The normalized spacial score (nSPS) is 12.1. The quantitative estimate of drug-likeness (QED) is 0.0810. The number of phosphoric acid groups is 1. The molecule has 302 valence electrons. The van der Waals surface area contributed by atoms with Gasteiger partial charge in [0.25, 0.3) is 0 Å². The molecule has 0 amide bonds. The molecule has 0 aliphatic carbocycles. The van der Waals surface area contributed by atoms with Gasteiger partial charge in [0.2, 0.25) is 0 Å². The van der Waals surface area contributed by atoms with E-state index in [1.54, 1.807) is 0 Å². The van der Waals surface area contributed by atoms with Crippen LogP contribution < -0.4 is 32.2 Å². The van der Waals surface area contributed by atoms with E-state index in [0.717, 1.165) is 32.2 Å². The van der Waals surface area contributed by atoms with Crippen LogP contribution >= 0.6 is 7.82 Å². The summed E-state index contributed by atoms with van der Waals surface area (Å²) in [5, 5.41) is 0. The molecule has 0 N–H and O–H groups in total. The summed E-state index contributed by atoms with van der Waals surface area (Å²) in [6.07, 6.45) is 0. The van der Waals surface area contributed by atoms with Crippen LogP contribution in [0.3, 0.4) is 0 Å². The summed E-state index contributed by atoms with van der Waals surface area (Å²) < 4.78 is 51.0. The van der Waals surface area contributed by atoms with Gasteiger partial charge in [-0.1, -0.05) is 0 Å². The van der Waals surface area contributed by atoms with Crippen LogP contribution in [0.4, 0.5) is 0 Å². The second kappa shape index (κ2) is 19.5. The number of hydrogen-bond donors (Lipinski definition) is 0. The van der Waals surface area contributed by atoms with E-state index in [4.69, 9.17) is 8.58 Å². The molecule has 8 heteroatoms. The molecule has 0 bridgehead atoms. The number of benzene rings is 9. The monoisotopic (exact) mass is 1150 g/mol. The first-order valence-electron chi connectivity index (χ1n) is 20.8. The molecule has 0 aliphatic rings. The fourth-order valence-corrected chi connectivity index (χ4v) is 60.3. The predicted molar refractivity (Wildman–Crippen MR) is 263 cm³/mol. The van der Waals surface area contributed by atoms with Gasteiger partial charge in [-0.15, -0.1) is 0 Å². The van der Waals surface area contributed by atoms with Crippen LogP contribution in [0.5, 0.6) is 0 Å². The molecule has 0 saturated carbocycles. The van der Waals surface area contributed by atoms with Gasteiger partial charge in [0.15, 0.2) is 0 Å². The zero-order valence-electron chi connectivity index (χ0n) is 34.1. The molecular formula is C54H45O4PSn3. The van der Waals surface area contributed by atoms with Gasteiger partial charge in [-0.3, -0.25) is 0 Å². The van der Waals surface area contributed by atoms with Gasteiger partial charge in [0, 0.05) is 0 Å². The van der Waals surface area contributed by atoms with E-state index in [9.17, 15) is 0 Å². The zero-order valence-corrected chi connectivity index (χ0v) is 43.5. The predicted octanol–water partition coefficient (Wildman–Crippen LogP) is 7.15. The minimum absolute atomic E-state index is 0.992. The van der Waals surface area contributed by atoms with Crippen LogP contribution in [0.15, 0.2) is 273 Å². The van der Waals surface area contributed by atoms with E-state index in [2.05, 4.69) is 109 Å². The van der Waals surface area contributed by atoms with Crippen molar-refractivity contribution in [2.75, 3.05) is 0 Å². The molecule has 9 rings (SSSR count). The first kappa shape index (κ1) is 42.8. The molecule has 4 nitrogen and oxygen atoms in total. The average Bonchev–Trinajstić information content (AvgIpc) is 3.37. The van der Waals surface area contributed by atoms with E-state index in [0.29, 0.717) is 0 Å². The Kier molecular flexibility index (Phi) is 13.4. The molecule has 0 saturated heterocycles. The van der Waals surface area contributed by atoms with E-state index in [1.165, 1.54) is 0 Å². The van der Waals surface area contributed by atoms with Crippen LogP contribution in [0.1, 0.15) is 0 Å². The molecule has 0 aromatic heterocycles. The first-order valence-corrected chi connectivity index (χ1v) is 38.6. The molecule has 0 fully saturated rings. The Hall–Kier alpha value is -4.51. The molecular weight excluding hydrogens is 1100 g/mol. The van der Waals surface area contributed by atoms with E-state index in [-0.39, 0.29) is 0 Å². The fourth-order valence-electron chi connectivity index (χ4n) is 8.59. The van der Waals surface area contributed by atoms with Crippen molar-refractivity contribution < 1.29 is 13.1 Å². The molecule has 9 aromatic carbocycles. The van der Waals surface area contributed by atoms with Gasteiger partial charge in [-0.2, -0.15) is 0 Å². The van der Waals surface area contributed by atoms with Crippen molar-refractivity contribution in [3.05, 3.63) is 273 Å². The summed E-state index contributed by atoms with van der Waals surface area (Å²) in [5.74, 6) is 0. The molecule has 0 heterocycles. The maximum atomic E-state index is 17.9. The Labute approximate surface area is 378 Å². The van der Waals surface area contributed by atoms with Gasteiger partial charge < -0.3 is 0 Å². The molecule has 0 aliphatic heterocycles. The Bertz CT molecular complexity index is 2220. The summed E-state index contributed by atoms with van der Waals surface area (Å²) in [5.41, 5.74) is 0. The SMILES string of the molecule is O=P([O][Sn]([c]1ccccc1)([c]1ccccc1)[c]1ccccc1)([O][Sn]([c]1ccccc1)([c]1ccccc1)[c]1ccccc1)[O][Sn]([c]1ccccc1)([c]1ccccc1)[c]1ccccc1. The van der Waals surface area contributed by atoms with Crippen molar-refractivity contribution in [3.8, 4) is 0 Å². The van der Waals surface area contributed by atoms with Crippen molar-refractivity contribution in [1.82, 2.24) is 0 Å². The van der Waals surface area contributed by atoms with Crippen LogP contribution in [0.25, 0.3) is 0 Å². The summed E-state index contributed by atoms with van der Waals surface area (Å²) in [6, 6.07) is 93.4. The van der Waals surface area contributed by atoms with Crippen LogP contribution in [0.2, 0.25) is 0 Å². The first-order chi connectivity index (χ1) is 30.6. The summed E-state index contributed by atoms with van der Waals surface area (Å²) in [6.45, 7) is 0. The van der Waals surface area contributed by atoms with Gasteiger partial charge in [-0.25, -0.2) is 0 Å². The zero-order chi connectivity index (χ0) is 42.1. The molecule has 0 radical (unpaired) electrons. The van der Waals surface area contributed by atoms with Crippen LogP contribution in [-0.4, -0.2) is 56.4 Å². The molecule has 0 spiro atoms. The van der Waals surface area contributed by atoms with Gasteiger partial charge in [0.1, 0.15) is 0 Å². The van der Waals surface area contributed by atoms with Crippen molar-refractivity contribution in [1.29, 1.82) is 0 Å². The number of rotatable bonds is 15. The van der Waals surface area contributed by atoms with Gasteiger partial charge in [-0.05, 0) is 0 Å². The summed E-state index contributed by atoms with van der Waals surface area (Å²) in [4.78, 5) is 0. The Morgan fingerprint density at radius 3 is 0.435 bits per heavy atom. The minimum atomic E-state index is -5.01. The number of hydrogen-bond acceptors (Lipinski definition) is 4. The van der Waals surface area contributed by atoms with Crippen molar-refractivity contribution in [2.24, 2.45) is 0 Å². The standard InChI is InChI=1S/9C6H5.H3O4P.3Sn/c9*1-2-4-6-5-3-1;1-5(2,3)4;;;/h9*1-5H;(H3,1,2,3,4);;;/q;;;;;;;;;;3*+1/p-3. The van der Waals surface area contributed by atoms with Crippen LogP contribution in [-0.2, 0) is 13.1 Å². The third-order valence-corrected chi connectivity index (χ3v) is 55.1. The second-order valence-electron chi connectivity index (χ2n) is 15.1.